The lowest BCUT2D eigenvalue weighted by Gasteiger charge is -2.37. The first-order chi connectivity index (χ1) is 13.7. The largest absolute Gasteiger partial charge is 0.464 e. The quantitative estimate of drug-likeness (QED) is 0.635. The van der Waals surface area contributed by atoms with Gasteiger partial charge in [-0.3, -0.25) is 0 Å². The van der Waals surface area contributed by atoms with Gasteiger partial charge in [-0.15, -0.1) is 0 Å². The maximum Gasteiger partial charge on any atom is 0.416 e. The Morgan fingerprint density at radius 1 is 1.10 bits per heavy atom. The highest BCUT2D eigenvalue weighted by molar-refractivity contribution is 5.91. The Balaban J connectivity index is 1.88. The maximum atomic E-state index is 12.9. The summed E-state index contributed by atoms with van der Waals surface area (Å²) in [5, 5.41) is 12.4. The average molecular weight is 402 g/mol. The highest BCUT2D eigenvalue weighted by atomic mass is 19.4. The topological polar surface area (TPSA) is 55.8 Å². The highest BCUT2D eigenvalue weighted by Crippen LogP contribution is 2.47. The normalized spacial score (nSPS) is 21.3. The lowest BCUT2D eigenvalue weighted by atomic mass is 9.81. The average Bonchev–Trinajstić information content (AvgIpc) is 2.72. The first-order valence-corrected chi connectivity index (χ1v) is 8.91. The van der Waals surface area contributed by atoms with Gasteiger partial charge in [-0.05, 0) is 23.1 Å². The molecular formula is C22H17F3O4. The third-order valence-corrected chi connectivity index (χ3v) is 5.18. The fraction of sp³-hybridized carbons (Fsp3) is 0.227. The number of hydrogen-bond acceptors (Lipinski definition) is 4. The number of ether oxygens (including phenoxy) is 2. The Morgan fingerprint density at radius 2 is 1.79 bits per heavy atom. The monoisotopic (exact) mass is 402 g/mol. The number of esters is 1. The van der Waals surface area contributed by atoms with E-state index in [0.717, 1.165) is 24.6 Å². The third kappa shape index (κ3) is 3.31. The summed E-state index contributed by atoms with van der Waals surface area (Å²) in [5.74, 6) is -3.46. The predicted octanol–water partition coefficient (Wildman–Crippen LogP) is 4.63. The van der Waals surface area contributed by atoms with Crippen LogP contribution < -0.4 is 4.74 Å². The van der Waals surface area contributed by atoms with Crippen molar-refractivity contribution in [3.05, 3.63) is 77.4 Å². The van der Waals surface area contributed by atoms with Crippen LogP contribution in [0.25, 0.3) is 10.8 Å². The summed E-state index contributed by atoms with van der Waals surface area (Å²) in [6.45, 7) is 0. The zero-order valence-electron chi connectivity index (χ0n) is 15.4. The van der Waals surface area contributed by atoms with Crippen molar-refractivity contribution >= 4 is 16.7 Å². The Labute approximate surface area is 164 Å². The summed E-state index contributed by atoms with van der Waals surface area (Å²) in [7, 11) is 1.13. The van der Waals surface area contributed by atoms with E-state index in [4.69, 9.17) is 9.47 Å². The number of benzene rings is 3. The van der Waals surface area contributed by atoms with Crippen LogP contribution in [0.3, 0.4) is 0 Å². The van der Waals surface area contributed by atoms with Crippen LogP contribution in [-0.2, 0) is 15.7 Å². The highest BCUT2D eigenvalue weighted by Gasteiger charge is 2.48. The molecule has 150 valence electrons. The fourth-order valence-corrected chi connectivity index (χ4v) is 3.73. The van der Waals surface area contributed by atoms with Crippen LogP contribution in [-0.4, -0.2) is 24.0 Å². The lowest BCUT2D eigenvalue weighted by Crippen LogP contribution is -2.49. The number of halogens is 3. The zero-order chi connectivity index (χ0) is 20.8. The van der Waals surface area contributed by atoms with E-state index < -0.39 is 29.4 Å². The molecule has 7 heteroatoms. The third-order valence-electron chi connectivity index (χ3n) is 5.18. The van der Waals surface area contributed by atoms with E-state index in [9.17, 15) is 23.1 Å². The molecule has 0 amide bonds. The summed E-state index contributed by atoms with van der Waals surface area (Å²) in [4.78, 5) is 12.3. The molecule has 4 rings (SSSR count). The standard InChI is InChI=1S/C22H17F3O4/c1-28-20(26)21(27)12-18(14-6-9-15(10-7-14)22(23,24)25)17-11-8-13-4-2-3-5-16(13)19(17)29-21/h2-11,18,27H,12H2,1H3/t18-,21+/m0/s1. The van der Waals surface area contributed by atoms with Gasteiger partial charge in [-0.2, -0.15) is 13.2 Å². The molecule has 1 aliphatic heterocycles. The van der Waals surface area contributed by atoms with Crippen molar-refractivity contribution in [1.82, 2.24) is 0 Å². The van der Waals surface area contributed by atoms with E-state index in [1.165, 1.54) is 12.1 Å². The van der Waals surface area contributed by atoms with Crippen LogP contribution in [0.1, 0.15) is 29.0 Å². The molecule has 4 nitrogen and oxygen atoms in total. The van der Waals surface area contributed by atoms with Crippen LogP contribution in [0.4, 0.5) is 13.2 Å². The minimum atomic E-state index is -4.45. The molecule has 2 atom stereocenters. The number of carbonyl (C=O) groups is 1. The Hall–Kier alpha value is -3.06. The molecule has 0 unspecified atom stereocenters. The second kappa shape index (κ2) is 6.77. The molecule has 29 heavy (non-hydrogen) atoms. The van der Waals surface area contributed by atoms with Crippen molar-refractivity contribution in [1.29, 1.82) is 0 Å². The molecule has 3 aromatic rings. The minimum Gasteiger partial charge on any atom is -0.464 e. The van der Waals surface area contributed by atoms with Gasteiger partial charge in [0.05, 0.1) is 12.7 Å². The zero-order valence-corrected chi connectivity index (χ0v) is 15.4. The number of methoxy groups -OCH3 is 1. The second-order valence-electron chi connectivity index (χ2n) is 6.96. The van der Waals surface area contributed by atoms with E-state index in [0.29, 0.717) is 22.3 Å². The van der Waals surface area contributed by atoms with Crippen molar-refractivity contribution in [2.75, 3.05) is 7.11 Å². The number of rotatable bonds is 2. The summed E-state index contributed by atoms with van der Waals surface area (Å²) < 4.78 is 49.2. The van der Waals surface area contributed by atoms with E-state index in [-0.39, 0.29) is 6.42 Å². The van der Waals surface area contributed by atoms with Gasteiger partial charge in [0.1, 0.15) is 5.75 Å². The summed E-state index contributed by atoms with van der Waals surface area (Å²) in [6, 6.07) is 15.7. The van der Waals surface area contributed by atoms with Gasteiger partial charge < -0.3 is 14.6 Å². The second-order valence-corrected chi connectivity index (χ2v) is 6.96. The van der Waals surface area contributed by atoms with Gasteiger partial charge in [0, 0.05) is 23.3 Å². The lowest BCUT2D eigenvalue weighted by molar-refractivity contribution is -0.202. The molecule has 0 spiro atoms. The van der Waals surface area contributed by atoms with Crippen molar-refractivity contribution in [2.24, 2.45) is 0 Å². The Bertz CT molecular complexity index is 1080. The first-order valence-electron chi connectivity index (χ1n) is 8.91. The summed E-state index contributed by atoms with van der Waals surface area (Å²) >= 11 is 0. The van der Waals surface area contributed by atoms with E-state index in [2.05, 4.69) is 0 Å². The molecule has 0 saturated heterocycles. The minimum absolute atomic E-state index is 0.184. The van der Waals surface area contributed by atoms with Crippen LogP contribution >= 0.6 is 0 Å². The molecule has 3 aromatic carbocycles. The predicted molar refractivity (Wildman–Crippen MR) is 99.4 cm³/mol. The number of aliphatic hydroxyl groups is 1. The fourth-order valence-electron chi connectivity index (χ4n) is 3.73. The summed E-state index contributed by atoms with van der Waals surface area (Å²) in [6.07, 6.45) is -4.63. The molecule has 1 N–H and O–H groups in total. The number of carbonyl (C=O) groups excluding carboxylic acids is 1. The smallest absolute Gasteiger partial charge is 0.416 e. The van der Waals surface area contributed by atoms with Gasteiger partial charge in [0.25, 0.3) is 0 Å². The molecule has 0 bridgehead atoms. The Kier molecular flexibility index (Phi) is 4.50. The van der Waals surface area contributed by atoms with Gasteiger partial charge in [-0.25, -0.2) is 4.79 Å². The van der Waals surface area contributed by atoms with Crippen LogP contribution in [0.2, 0.25) is 0 Å². The number of alkyl halides is 3. The van der Waals surface area contributed by atoms with Crippen molar-refractivity contribution in [2.45, 2.75) is 24.3 Å². The van der Waals surface area contributed by atoms with E-state index in [1.54, 1.807) is 18.2 Å². The van der Waals surface area contributed by atoms with Crippen molar-refractivity contribution < 1.29 is 32.5 Å². The summed E-state index contributed by atoms with van der Waals surface area (Å²) in [5.41, 5.74) is 0.437. The molecule has 0 fully saturated rings. The number of fused-ring (bicyclic) bond motifs is 3. The van der Waals surface area contributed by atoms with E-state index in [1.807, 2.05) is 18.2 Å². The molecule has 0 radical (unpaired) electrons. The van der Waals surface area contributed by atoms with Crippen molar-refractivity contribution in [3.63, 3.8) is 0 Å². The van der Waals surface area contributed by atoms with Gasteiger partial charge in [-0.1, -0.05) is 48.5 Å². The van der Waals surface area contributed by atoms with Crippen LogP contribution in [0.5, 0.6) is 5.75 Å². The molecule has 1 heterocycles. The first kappa shape index (κ1) is 19.3. The van der Waals surface area contributed by atoms with Crippen molar-refractivity contribution in [3.8, 4) is 5.75 Å². The molecular weight excluding hydrogens is 385 g/mol. The van der Waals surface area contributed by atoms with Crippen LogP contribution in [0, 0.1) is 0 Å². The SMILES string of the molecule is COC(=O)[C@@]1(O)C[C@@H](c2ccc(C(F)(F)F)cc2)c2ccc3ccccc3c2O1. The van der Waals surface area contributed by atoms with Gasteiger partial charge >= 0.3 is 17.9 Å². The van der Waals surface area contributed by atoms with Gasteiger partial charge in [0.2, 0.25) is 0 Å². The van der Waals surface area contributed by atoms with E-state index >= 15 is 0 Å². The molecule has 0 aliphatic carbocycles. The Morgan fingerprint density at radius 3 is 2.45 bits per heavy atom. The molecule has 0 aromatic heterocycles. The maximum absolute atomic E-state index is 12.9. The molecule has 1 aliphatic rings. The van der Waals surface area contributed by atoms with Crippen LogP contribution in [0.15, 0.2) is 60.7 Å². The molecule has 0 saturated carbocycles. The van der Waals surface area contributed by atoms with Gasteiger partial charge in [0.15, 0.2) is 0 Å². The number of hydrogen-bond donors (Lipinski definition) is 1.